The third-order valence-corrected chi connectivity index (χ3v) is 4.52. The summed E-state index contributed by atoms with van der Waals surface area (Å²) in [5.41, 5.74) is 4.03. The fourth-order valence-corrected chi connectivity index (χ4v) is 3.18. The average molecular weight is 353 g/mol. The van der Waals surface area contributed by atoms with Crippen molar-refractivity contribution < 1.29 is 9.21 Å². The van der Waals surface area contributed by atoms with Crippen LogP contribution in [0.3, 0.4) is 0 Å². The van der Waals surface area contributed by atoms with Gasteiger partial charge in [0.15, 0.2) is 0 Å². The van der Waals surface area contributed by atoms with Gasteiger partial charge in [-0.25, -0.2) is 0 Å². The Bertz CT molecular complexity index is 857. The highest BCUT2D eigenvalue weighted by atomic mass is 32.2. The number of hydrogen-bond acceptors (Lipinski definition) is 5. The second kappa shape index (κ2) is 7.53. The van der Waals surface area contributed by atoms with Crippen molar-refractivity contribution in [1.29, 1.82) is 0 Å². The van der Waals surface area contributed by atoms with E-state index in [4.69, 9.17) is 4.42 Å². The van der Waals surface area contributed by atoms with Crippen molar-refractivity contribution in [3.63, 3.8) is 0 Å². The van der Waals surface area contributed by atoms with E-state index in [1.807, 2.05) is 56.3 Å². The lowest BCUT2D eigenvalue weighted by Crippen LogP contribution is -2.27. The van der Waals surface area contributed by atoms with Gasteiger partial charge in [-0.05, 0) is 38.1 Å². The molecule has 0 aliphatic rings. The normalized spacial score (nSPS) is 10.7. The van der Waals surface area contributed by atoms with E-state index in [2.05, 4.69) is 16.3 Å². The Balaban J connectivity index is 1.65. The van der Waals surface area contributed by atoms with Crippen molar-refractivity contribution in [2.45, 2.75) is 19.1 Å². The van der Waals surface area contributed by atoms with Crippen molar-refractivity contribution in [2.75, 3.05) is 17.7 Å². The van der Waals surface area contributed by atoms with E-state index in [-0.39, 0.29) is 11.7 Å². The van der Waals surface area contributed by atoms with Crippen LogP contribution in [0.25, 0.3) is 11.5 Å². The number of carbonyl (C=O) groups excluding carboxylic acids is 1. The monoisotopic (exact) mass is 353 g/mol. The van der Waals surface area contributed by atoms with Gasteiger partial charge in [-0.2, -0.15) is 0 Å². The summed E-state index contributed by atoms with van der Waals surface area (Å²) in [4.78, 5) is 13.9. The van der Waals surface area contributed by atoms with Gasteiger partial charge in [-0.15, -0.1) is 10.2 Å². The minimum atomic E-state index is -0.0256. The zero-order chi connectivity index (χ0) is 17.8. The van der Waals surface area contributed by atoms with E-state index >= 15 is 0 Å². The van der Waals surface area contributed by atoms with Gasteiger partial charge in [0.05, 0.1) is 5.75 Å². The number of hydrogen-bond donors (Lipinski definition) is 0. The van der Waals surface area contributed by atoms with Crippen LogP contribution in [-0.4, -0.2) is 28.9 Å². The molecule has 3 aromatic rings. The summed E-state index contributed by atoms with van der Waals surface area (Å²) in [6, 6.07) is 15.6. The molecule has 25 heavy (non-hydrogen) atoms. The first-order chi connectivity index (χ1) is 12.0. The van der Waals surface area contributed by atoms with Crippen molar-refractivity contribution in [1.82, 2.24) is 10.2 Å². The zero-order valence-electron chi connectivity index (χ0n) is 14.4. The lowest BCUT2D eigenvalue weighted by molar-refractivity contribution is -0.115. The molecule has 128 valence electrons. The number of anilines is 1. The standard InChI is InChI=1S/C19H19N3O2S/c1-13-9-14(2)11-15(10-13)18-20-21-19(24-18)25-12-17(23)22(3)16-7-5-4-6-8-16/h4-11H,12H2,1-3H3. The van der Waals surface area contributed by atoms with Gasteiger partial charge in [0.2, 0.25) is 11.8 Å². The third kappa shape index (κ3) is 4.28. The van der Waals surface area contributed by atoms with Gasteiger partial charge in [-0.1, -0.05) is 47.2 Å². The molecule has 0 fully saturated rings. The molecule has 0 bridgehead atoms. The molecule has 2 aromatic carbocycles. The predicted molar refractivity (Wildman–Crippen MR) is 99.8 cm³/mol. The minimum absolute atomic E-state index is 0.0256. The van der Waals surface area contributed by atoms with E-state index in [0.29, 0.717) is 11.1 Å². The Hall–Kier alpha value is -2.60. The van der Waals surface area contributed by atoms with Crippen LogP contribution < -0.4 is 4.90 Å². The van der Waals surface area contributed by atoms with Gasteiger partial charge in [0.25, 0.3) is 5.22 Å². The number of nitrogens with zero attached hydrogens (tertiary/aromatic N) is 3. The molecule has 0 saturated carbocycles. The fraction of sp³-hybridized carbons (Fsp3) is 0.211. The molecule has 0 radical (unpaired) electrons. The SMILES string of the molecule is Cc1cc(C)cc(-c2nnc(SCC(=O)N(C)c3ccccc3)o2)c1. The summed E-state index contributed by atoms with van der Waals surface area (Å²) in [6.45, 7) is 4.06. The summed E-state index contributed by atoms with van der Waals surface area (Å²) in [7, 11) is 1.76. The minimum Gasteiger partial charge on any atom is -0.411 e. The van der Waals surface area contributed by atoms with E-state index in [0.717, 1.165) is 22.4 Å². The van der Waals surface area contributed by atoms with E-state index in [9.17, 15) is 4.79 Å². The number of amides is 1. The summed E-state index contributed by atoms with van der Waals surface area (Å²) < 4.78 is 5.69. The molecule has 0 atom stereocenters. The predicted octanol–water partition coefficient (Wildman–Crippen LogP) is 4.11. The highest BCUT2D eigenvalue weighted by Crippen LogP contribution is 2.25. The highest BCUT2D eigenvalue weighted by molar-refractivity contribution is 7.99. The Morgan fingerprint density at radius 2 is 1.76 bits per heavy atom. The Morgan fingerprint density at radius 1 is 1.08 bits per heavy atom. The quantitative estimate of drug-likeness (QED) is 0.646. The zero-order valence-corrected chi connectivity index (χ0v) is 15.2. The summed E-state index contributed by atoms with van der Waals surface area (Å²) >= 11 is 1.24. The molecule has 0 aliphatic heterocycles. The summed E-state index contributed by atoms with van der Waals surface area (Å²) in [5, 5.41) is 8.51. The molecule has 5 nitrogen and oxygen atoms in total. The maximum absolute atomic E-state index is 12.3. The topological polar surface area (TPSA) is 59.2 Å². The average Bonchev–Trinajstić information content (AvgIpc) is 3.08. The van der Waals surface area contributed by atoms with Gasteiger partial charge >= 0.3 is 0 Å². The van der Waals surface area contributed by atoms with Crippen molar-refractivity contribution in [2.24, 2.45) is 0 Å². The molecule has 1 aromatic heterocycles. The number of rotatable bonds is 5. The molecule has 1 amide bonds. The molecular formula is C19H19N3O2S. The van der Waals surface area contributed by atoms with Crippen molar-refractivity contribution in [3.05, 3.63) is 59.7 Å². The van der Waals surface area contributed by atoms with Crippen LogP contribution in [0, 0.1) is 13.8 Å². The molecule has 0 saturated heterocycles. The number of para-hydroxylation sites is 1. The third-order valence-electron chi connectivity index (χ3n) is 3.71. The molecule has 0 N–H and O–H groups in total. The van der Waals surface area contributed by atoms with Crippen LogP contribution in [0.5, 0.6) is 0 Å². The van der Waals surface area contributed by atoms with Gasteiger partial charge in [0.1, 0.15) is 0 Å². The number of carbonyl (C=O) groups is 1. The van der Waals surface area contributed by atoms with Crippen LogP contribution in [0.2, 0.25) is 0 Å². The van der Waals surface area contributed by atoms with Gasteiger partial charge in [-0.3, -0.25) is 4.79 Å². The van der Waals surface area contributed by atoms with Gasteiger partial charge < -0.3 is 9.32 Å². The summed E-state index contributed by atoms with van der Waals surface area (Å²) in [5.74, 6) is 0.681. The molecular weight excluding hydrogens is 334 g/mol. The first-order valence-corrected chi connectivity index (χ1v) is 8.88. The molecule has 1 heterocycles. The van der Waals surface area contributed by atoms with Crippen molar-refractivity contribution in [3.8, 4) is 11.5 Å². The molecule has 0 aliphatic carbocycles. The number of aromatic nitrogens is 2. The van der Waals surface area contributed by atoms with Crippen LogP contribution in [0.1, 0.15) is 11.1 Å². The van der Waals surface area contributed by atoms with Crippen LogP contribution in [-0.2, 0) is 4.79 Å². The second-order valence-corrected chi connectivity index (χ2v) is 6.75. The molecule has 3 rings (SSSR count). The number of aryl methyl sites for hydroxylation is 2. The van der Waals surface area contributed by atoms with Crippen molar-refractivity contribution >= 4 is 23.4 Å². The largest absolute Gasteiger partial charge is 0.411 e. The highest BCUT2D eigenvalue weighted by Gasteiger charge is 2.15. The first kappa shape index (κ1) is 17.2. The number of thioether (sulfide) groups is 1. The van der Waals surface area contributed by atoms with E-state index in [1.54, 1.807) is 11.9 Å². The van der Waals surface area contributed by atoms with Crippen LogP contribution in [0.4, 0.5) is 5.69 Å². The fourth-order valence-electron chi connectivity index (χ4n) is 2.50. The molecule has 6 heteroatoms. The Morgan fingerprint density at radius 3 is 2.44 bits per heavy atom. The second-order valence-electron chi connectivity index (χ2n) is 5.83. The van der Waals surface area contributed by atoms with E-state index < -0.39 is 0 Å². The summed E-state index contributed by atoms with van der Waals surface area (Å²) in [6.07, 6.45) is 0. The lowest BCUT2D eigenvalue weighted by Gasteiger charge is -2.16. The Labute approximate surface area is 151 Å². The van der Waals surface area contributed by atoms with Crippen LogP contribution in [0.15, 0.2) is 58.2 Å². The maximum Gasteiger partial charge on any atom is 0.277 e. The Kier molecular flexibility index (Phi) is 5.19. The van der Waals surface area contributed by atoms with Gasteiger partial charge in [0, 0.05) is 18.3 Å². The van der Waals surface area contributed by atoms with E-state index in [1.165, 1.54) is 11.8 Å². The smallest absolute Gasteiger partial charge is 0.277 e. The first-order valence-electron chi connectivity index (χ1n) is 7.89. The maximum atomic E-state index is 12.3. The number of benzene rings is 2. The molecule has 0 spiro atoms. The lowest BCUT2D eigenvalue weighted by atomic mass is 10.1. The van der Waals surface area contributed by atoms with Crippen LogP contribution >= 0.6 is 11.8 Å². The molecule has 0 unspecified atom stereocenters.